The van der Waals surface area contributed by atoms with Crippen LogP contribution in [0.15, 0.2) is 48.2 Å². The molecule has 6 heteroatoms. The molecule has 0 aliphatic heterocycles. The average molecular weight is 429 g/mol. The zero-order valence-electron chi connectivity index (χ0n) is 18.6. The first-order valence-electron chi connectivity index (χ1n) is 10.8. The minimum atomic E-state index is -0.493. The molecule has 0 saturated heterocycles. The first-order valence-corrected chi connectivity index (χ1v) is 10.8. The molecule has 0 fully saturated rings. The normalized spacial score (nSPS) is 11.1. The van der Waals surface area contributed by atoms with Crippen molar-refractivity contribution < 1.29 is 28.8 Å². The van der Waals surface area contributed by atoms with Crippen molar-refractivity contribution in [2.75, 3.05) is 26.4 Å². The molecule has 0 radical (unpaired) electrons. The van der Waals surface area contributed by atoms with Crippen LogP contribution in [-0.4, -0.2) is 37.5 Å². The van der Waals surface area contributed by atoms with E-state index in [4.69, 9.17) is 18.9 Å². The van der Waals surface area contributed by atoms with Gasteiger partial charge in [-0.15, -0.1) is 0 Å². The molecule has 0 aliphatic carbocycles. The van der Waals surface area contributed by atoms with Crippen molar-refractivity contribution in [3.8, 4) is 17.2 Å². The van der Waals surface area contributed by atoms with Crippen LogP contribution in [0.3, 0.4) is 0 Å². The molecule has 0 aromatic heterocycles. The number of unbranched alkanes of at least 4 members (excludes halogenated alkanes) is 1. The maximum atomic E-state index is 12.1. The van der Waals surface area contributed by atoms with Crippen LogP contribution in [0.2, 0.25) is 0 Å². The number of benzene rings is 2. The van der Waals surface area contributed by atoms with E-state index >= 15 is 0 Å². The third kappa shape index (κ3) is 8.24. The second kappa shape index (κ2) is 13.2. The Morgan fingerprint density at radius 3 is 2.29 bits per heavy atom. The van der Waals surface area contributed by atoms with Crippen LogP contribution >= 0.6 is 0 Å². The Hall–Kier alpha value is -3.15. The van der Waals surface area contributed by atoms with Gasteiger partial charge in [-0.2, -0.15) is 0 Å². The third-order valence-electron chi connectivity index (χ3n) is 4.38. The van der Waals surface area contributed by atoms with Gasteiger partial charge in [-0.3, -0.25) is 0 Å². The first kappa shape index (κ1) is 24.1. The summed E-state index contributed by atoms with van der Waals surface area (Å²) in [6, 6.07) is 12.6. The van der Waals surface area contributed by atoms with Crippen molar-refractivity contribution in [2.24, 2.45) is 0 Å². The van der Waals surface area contributed by atoms with Crippen LogP contribution in [0, 0.1) is 0 Å². The lowest BCUT2D eigenvalue weighted by atomic mass is 10.1. The number of carbonyl (C=O) groups is 1. The highest BCUT2D eigenvalue weighted by Crippen LogP contribution is 2.30. The molecule has 0 aliphatic rings. The minimum absolute atomic E-state index is 0.157. The second-order valence-corrected chi connectivity index (χ2v) is 6.84. The van der Waals surface area contributed by atoms with Gasteiger partial charge in [0.05, 0.1) is 26.4 Å². The Bertz CT molecular complexity index is 842. The molecule has 0 atom stereocenters. The van der Waals surface area contributed by atoms with Crippen LogP contribution in [-0.2, 0) is 20.7 Å². The maximum Gasteiger partial charge on any atom is 0.373 e. The number of phenolic OH excluding ortho intramolecular Hbond substituents is 1. The van der Waals surface area contributed by atoms with Gasteiger partial charge in [-0.1, -0.05) is 31.5 Å². The van der Waals surface area contributed by atoms with Crippen molar-refractivity contribution in [3.63, 3.8) is 0 Å². The van der Waals surface area contributed by atoms with E-state index in [9.17, 15) is 9.90 Å². The fraction of sp³-hybridized carbons (Fsp3) is 0.400. The summed E-state index contributed by atoms with van der Waals surface area (Å²) < 4.78 is 22.4. The van der Waals surface area contributed by atoms with Crippen LogP contribution in [0.1, 0.15) is 44.7 Å². The third-order valence-corrected chi connectivity index (χ3v) is 4.38. The lowest BCUT2D eigenvalue weighted by Crippen LogP contribution is -2.10. The van der Waals surface area contributed by atoms with Gasteiger partial charge in [0.15, 0.2) is 11.5 Å². The van der Waals surface area contributed by atoms with Crippen LogP contribution in [0.5, 0.6) is 17.2 Å². The zero-order chi connectivity index (χ0) is 22.5. The average Bonchev–Trinajstić information content (AvgIpc) is 2.76. The number of phenols is 1. The molecular weight excluding hydrogens is 396 g/mol. The summed E-state index contributed by atoms with van der Waals surface area (Å²) in [4.78, 5) is 12.1. The van der Waals surface area contributed by atoms with Gasteiger partial charge in [-0.25, -0.2) is 4.79 Å². The van der Waals surface area contributed by atoms with E-state index in [2.05, 4.69) is 6.92 Å². The number of esters is 1. The molecule has 1 N–H and O–H groups in total. The Balaban J connectivity index is 2.16. The van der Waals surface area contributed by atoms with Gasteiger partial charge in [0.2, 0.25) is 5.76 Å². The lowest BCUT2D eigenvalue weighted by molar-refractivity contribution is -0.142. The number of carbonyl (C=O) groups excluding carboxylic acids is 1. The molecule has 31 heavy (non-hydrogen) atoms. The predicted molar refractivity (Wildman–Crippen MR) is 120 cm³/mol. The molecule has 0 amide bonds. The van der Waals surface area contributed by atoms with Crippen molar-refractivity contribution in [2.45, 2.75) is 40.0 Å². The van der Waals surface area contributed by atoms with Crippen LogP contribution < -0.4 is 9.47 Å². The first-order chi connectivity index (χ1) is 15.1. The summed E-state index contributed by atoms with van der Waals surface area (Å²) in [5, 5.41) is 9.40. The highest BCUT2D eigenvalue weighted by molar-refractivity contribution is 5.91. The minimum Gasteiger partial charge on any atom is -0.508 e. The second-order valence-electron chi connectivity index (χ2n) is 6.84. The quantitative estimate of drug-likeness (QED) is 0.206. The SMILES string of the molecule is CCCCOc1cc(/C=C(\OCC)C(=O)OCC)ccc1OCCc1ccc(O)cc1. The van der Waals surface area contributed by atoms with Gasteiger partial charge < -0.3 is 24.1 Å². The highest BCUT2D eigenvalue weighted by Gasteiger charge is 2.13. The van der Waals surface area contributed by atoms with Gasteiger partial charge in [0, 0.05) is 6.42 Å². The van der Waals surface area contributed by atoms with E-state index in [-0.39, 0.29) is 18.1 Å². The van der Waals surface area contributed by atoms with Gasteiger partial charge in [-0.05, 0) is 61.7 Å². The summed E-state index contributed by atoms with van der Waals surface area (Å²) >= 11 is 0. The molecule has 0 spiro atoms. The smallest absolute Gasteiger partial charge is 0.373 e. The van der Waals surface area contributed by atoms with Crippen molar-refractivity contribution in [3.05, 3.63) is 59.4 Å². The Kier molecular flexibility index (Phi) is 10.3. The summed E-state index contributed by atoms with van der Waals surface area (Å²) in [5.41, 5.74) is 1.83. The fourth-order valence-electron chi connectivity index (χ4n) is 2.78. The van der Waals surface area contributed by atoms with E-state index in [1.165, 1.54) is 0 Å². The summed E-state index contributed by atoms with van der Waals surface area (Å²) in [6.07, 6.45) is 4.30. The lowest BCUT2D eigenvalue weighted by Gasteiger charge is -2.14. The summed E-state index contributed by atoms with van der Waals surface area (Å²) in [7, 11) is 0. The molecule has 0 bridgehead atoms. The Morgan fingerprint density at radius 2 is 1.61 bits per heavy atom. The molecule has 0 unspecified atom stereocenters. The molecule has 2 rings (SSSR count). The molecule has 2 aromatic rings. The standard InChI is InChI=1S/C25H32O6/c1-4-7-15-30-23-17-20(18-24(28-5-2)25(27)29-6-3)10-13-22(23)31-16-14-19-8-11-21(26)12-9-19/h8-13,17-18,26H,4-7,14-16H2,1-3H3/b24-18-. The number of aromatic hydroxyl groups is 1. The monoisotopic (exact) mass is 428 g/mol. The van der Waals surface area contributed by atoms with E-state index < -0.39 is 5.97 Å². The van der Waals surface area contributed by atoms with Gasteiger partial charge in [0.1, 0.15) is 5.75 Å². The number of ether oxygens (including phenoxy) is 4. The van der Waals surface area contributed by atoms with Crippen LogP contribution in [0.4, 0.5) is 0 Å². The Morgan fingerprint density at radius 1 is 0.903 bits per heavy atom. The molecule has 168 valence electrons. The molecule has 6 nitrogen and oxygen atoms in total. The molecule has 2 aromatic carbocycles. The van der Waals surface area contributed by atoms with Crippen molar-refractivity contribution in [1.82, 2.24) is 0 Å². The van der Waals surface area contributed by atoms with E-state index in [1.54, 1.807) is 25.1 Å². The molecular formula is C25H32O6. The number of rotatable bonds is 13. The Labute approximate surface area is 184 Å². The van der Waals surface area contributed by atoms with Gasteiger partial charge in [0.25, 0.3) is 0 Å². The predicted octanol–water partition coefficient (Wildman–Crippen LogP) is 5.13. The number of hydrogen-bond acceptors (Lipinski definition) is 6. The summed E-state index contributed by atoms with van der Waals surface area (Å²) in [6.45, 7) is 7.37. The number of hydrogen-bond donors (Lipinski definition) is 1. The zero-order valence-corrected chi connectivity index (χ0v) is 18.6. The van der Waals surface area contributed by atoms with Crippen molar-refractivity contribution in [1.29, 1.82) is 0 Å². The van der Waals surface area contributed by atoms with Crippen molar-refractivity contribution >= 4 is 12.0 Å². The van der Waals surface area contributed by atoms with E-state index in [1.807, 2.05) is 37.3 Å². The van der Waals surface area contributed by atoms with Gasteiger partial charge >= 0.3 is 5.97 Å². The van der Waals surface area contributed by atoms with E-state index in [0.717, 1.165) is 24.0 Å². The van der Waals surface area contributed by atoms with E-state index in [0.29, 0.717) is 37.7 Å². The fourth-order valence-corrected chi connectivity index (χ4v) is 2.78. The summed E-state index contributed by atoms with van der Waals surface area (Å²) in [5.74, 6) is 1.17. The highest BCUT2D eigenvalue weighted by atomic mass is 16.6. The van der Waals surface area contributed by atoms with Crippen LogP contribution in [0.25, 0.3) is 6.08 Å². The molecule has 0 saturated carbocycles. The maximum absolute atomic E-state index is 12.1. The molecule has 0 heterocycles. The largest absolute Gasteiger partial charge is 0.508 e. The topological polar surface area (TPSA) is 74.2 Å².